The molecule has 0 bridgehead atoms. The van der Waals surface area contributed by atoms with E-state index in [1.807, 2.05) is 0 Å². The third kappa shape index (κ3) is 3.14. The minimum atomic E-state index is -3.79. The number of aromatic carboxylic acids is 1. The van der Waals surface area contributed by atoms with Crippen LogP contribution < -0.4 is 4.72 Å². The van der Waals surface area contributed by atoms with Gasteiger partial charge in [0, 0.05) is 22.6 Å². The van der Waals surface area contributed by atoms with E-state index in [2.05, 4.69) is 25.6 Å². The third-order valence-corrected chi connectivity index (χ3v) is 4.45. The molecule has 0 radical (unpaired) electrons. The second-order valence-corrected chi connectivity index (χ2v) is 6.33. The number of pyridine rings is 1. The van der Waals surface area contributed by atoms with Crippen LogP contribution in [0, 0.1) is 0 Å². The van der Waals surface area contributed by atoms with E-state index in [1.54, 1.807) is 0 Å². The predicted octanol–water partition coefficient (Wildman–Crippen LogP) is 2.34. The normalized spacial score (nSPS) is 11.1. The molecule has 2 aromatic rings. The van der Waals surface area contributed by atoms with Crippen LogP contribution in [0.2, 0.25) is 0 Å². The van der Waals surface area contributed by atoms with Crippen LogP contribution in [0.25, 0.3) is 0 Å². The first-order valence-corrected chi connectivity index (χ1v) is 7.63. The lowest BCUT2D eigenvalue weighted by Gasteiger charge is -2.09. The summed E-state index contributed by atoms with van der Waals surface area (Å²) in [4.78, 5) is 14.7. The van der Waals surface area contributed by atoms with Crippen molar-refractivity contribution in [2.45, 2.75) is 4.90 Å². The number of nitrogens with one attached hydrogen (secondary N) is 1. The molecule has 2 N–H and O–H groups in total. The van der Waals surface area contributed by atoms with E-state index in [0.29, 0.717) is 4.47 Å². The summed E-state index contributed by atoms with van der Waals surface area (Å²) >= 11 is 3.09. The molecule has 0 fully saturated rings. The minimum Gasteiger partial charge on any atom is -0.478 e. The number of carboxylic acids is 1. The molecule has 20 heavy (non-hydrogen) atoms. The van der Waals surface area contributed by atoms with Crippen LogP contribution in [0.3, 0.4) is 0 Å². The summed E-state index contributed by atoms with van der Waals surface area (Å²) in [6.07, 6.45) is 2.67. The summed E-state index contributed by atoms with van der Waals surface area (Å²) in [7, 11) is -3.79. The van der Waals surface area contributed by atoms with Gasteiger partial charge < -0.3 is 5.11 Å². The molecular weight excluding hydrogens is 348 g/mol. The van der Waals surface area contributed by atoms with Crippen LogP contribution in [0.4, 0.5) is 5.69 Å². The summed E-state index contributed by atoms with van der Waals surface area (Å²) in [5, 5.41) is 8.99. The average Bonchev–Trinajstić information content (AvgIpc) is 2.41. The highest BCUT2D eigenvalue weighted by molar-refractivity contribution is 9.10. The highest BCUT2D eigenvalue weighted by Gasteiger charge is 2.16. The van der Waals surface area contributed by atoms with Gasteiger partial charge in [-0.15, -0.1) is 0 Å². The van der Waals surface area contributed by atoms with Gasteiger partial charge in [0.25, 0.3) is 10.0 Å². The van der Waals surface area contributed by atoms with Crippen LogP contribution >= 0.6 is 15.9 Å². The summed E-state index contributed by atoms with van der Waals surface area (Å²) in [6.45, 7) is 0. The fourth-order valence-corrected chi connectivity index (χ4v) is 2.90. The van der Waals surface area contributed by atoms with E-state index in [-0.39, 0.29) is 16.1 Å². The zero-order chi connectivity index (χ0) is 14.8. The Bertz CT molecular complexity index is 747. The monoisotopic (exact) mass is 356 g/mol. The fourth-order valence-electron chi connectivity index (χ4n) is 1.47. The van der Waals surface area contributed by atoms with Gasteiger partial charge in [0.05, 0.1) is 5.56 Å². The van der Waals surface area contributed by atoms with Crippen LogP contribution in [-0.4, -0.2) is 24.5 Å². The number of benzene rings is 1. The van der Waals surface area contributed by atoms with Crippen molar-refractivity contribution in [3.05, 3.63) is 52.8 Å². The Morgan fingerprint density at radius 3 is 2.65 bits per heavy atom. The van der Waals surface area contributed by atoms with Crippen molar-refractivity contribution in [3.8, 4) is 0 Å². The third-order valence-electron chi connectivity index (χ3n) is 2.39. The van der Waals surface area contributed by atoms with Gasteiger partial charge in [-0.25, -0.2) is 13.2 Å². The Labute approximate surface area is 123 Å². The van der Waals surface area contributed by atoms with Gasteiger partial charge in [0.15, 0.2) is 0 Å². The molecule has 6 nitrogen and oxygen atoms in total. The first-order valence-electron chi connectivity index (χ1n) is 5.36. The Kier molecular flexibility index (Phi) is 4.05. The molecule has 0 amide bonds. The lowest BCUT2D eigenvalue weighted by atomic mass is 10.2. The molecule has 1 heterocycles. The molecule has 0 spiro atoms. The van der Waals surface area contributed by atoms with Gasteiger partial charge in [0.2, 0.25) is 0 Å². The molecule has 0 saturated carbocycles. The molecule has 104 valence electrons. The molecule has 0 aliphatic carbocycles. The topological polar surface area (TPSA) is 96.4 Å². The predicted molar refractivity (Wildman–Crippen MR) is 76.1 cm³/mol. The molecule has 1 aromatic heterocycles. The molecule has 8 heteroatoms. The Hall–Kier alpha value is -1.93. The number of hydrogen-bond acceptors (Lipinski definition) is 4. The summed E-state index contributed by atoms with van der Waals surface area (Å²) in [5.74, 6) is -1.15. The number of rotatable bonds is 4. The maximum Gasteiger partial charge on any atom is 0.336 e. The van der Waals surface area contributed by atoms with Crippen molar-refractivity contribution in [2.75, 3.05) is 4.72 Å². The molecule has 2 rings (SSSR count). The molecule has 0 saturated heterocycles. The number of sulfonamides is 1. The van der Waals surface area contributed by atoms with E-state index >= 15 is 0 Å². The summed E-state index contributed by atoms with van der Waals surface area (Å²) in [6, 6.07) is 7.06. The second kappa shape index (κ2) is 5.59. The lowest BCUT2D eigenvalue weighted by Crippen LogP contribution is -2.13. The van der Waals surface area contributed by atoms with Gasteiger partial charge in [0.1, 0.15) is 4.90 Å². The van der Waals surface area contributed by atoms with E-state index in [9.17, 15) is 13.2 Å². The Morgan fingerprint density at radius 2 is 2.05 bits per heavy atom. The lowest BCUT2D eigenvalue weighted by molar-refractivity contribution is 0.0696. The van der Waals surface area contributed by atoms with E-state index in [0.717, 1.165) is 0 Å². The quantitative estimate of drug-likeness (QED) is 0.876. The summed E-state index contributed by atoms with van der Waals surface area (Å²) < 4.78 is 26.8. The zero-order valence-corrected chi connectivity index (χ0v) is 12.3. The van der Waals surface area contributed by atoms with Crippen molar-refractivity contribution < 1.29 is 18.3 Å². The fraction of sp³-hybridized carbons (Fsp3) is 0. The molecule has 0 aliphatic rings. The molecule has 0 unspecified atom stereocenters. The number of nitrogens with zero attached hydrogens (tertiary/aromatic N) is 1. The number of carboxylic acid groups (broad SMARTS) is 1. The Morgan fingerprint density at radius 1 is 1.30 bits per heavy atom. The highest BCUT2D eigenvalue weighted by Crippen LogP contribution is 2.23. The number of hydrogen-bond donors (Lipinski definition) is 2. The van der Waals surface area contributed by atoms with Crippen LogP contribution in [-0.2, 0) is 10.0 Å². The van der Waals surface area contributed by atoms with Crippen LogP contribution in [0.5, 0.6) is 0 Å². The number of halogens is 1. The van der Waals surface area contributed by atoms with Gasteiger partial charge in [-0.3, -0.25) is 9.71 Å². The minimum absolute atomic E-state index is 0.000191. The van der Waals surface area contributed by atoms with E-state index in [4.69, 9.17) is 5.11 Å². The summed E-state index contributed by atoms with van der Waals surface area (Å²) in [5.41, 5.74) is 0.130. The number of carbonyl (C=O) groups is 1. The van der Waals surface area contributed by atoms with E-state index < -0.39 is 16.0 Å². The number of aromatic nitrogens is 1. The maximum absolute atomic E-state index is 12.1. The van der Waals surface area contributed by atoms with Gasteiger partial charge >= 0.3 is 5.97 Å². The van der Waals surface area contributed by atoms with Crippen LogP contribution in [0.1, 0.15) is 10.4 Å². The highest BCUT2D eigenvalue weighted by atomic mass is 79.9. The van der Waals surface area contributed by atoms with Gasteiger partial charge in [-0.05, 0) is 46.3 Å². The van der Waals surface area contributed by atoms with Crippen LogP contribution in [0.15, 0.2) is 52.1 Å². The van der Waals surface area contributed by atoms with Gasteiger partial charge in [-0.2, -0.15) is 0 Å². The first kappa shape index (κ1) is 14.5. The first-order chi connectivity index (χ1) is 9.40. The largest absolute Gasteiger partial charge is 0.478 e. The number of anilines is 1. The van der Waals surface area contributed by atoms with E-state index in [1.165, 1.54) is 42.7 Å². The standard InChI is InChI=1S/C12H9BrN2O4S/c13-11-4-3-8(6-10(11)12(16)17)15-20(18,19)9-2-1-5-14-7-9/h1-7,15H,(H,16,17). The second-order valence-electron chi connectivity index (χ2n) is 3.79. The smallest absolute Gasteiger partial charge is 0.336 e. The molecule has 1 aromatic carbocycles. The van der Waals surface area contributed by atoms with Crippen molar-refractivity contribution >= 4 is 37.6 Å². The average molecular weight is 357 g/mol. The van der Waals surface area contributed by atoms with Crippen molar-refractivity contribution in [1.82, 2.24) is 4.98 Å². The molecule has 0 atom stereocenters. The maximum atomic E-state index is 12.1. The van der Waals surface area contributed by atoms with Crippen molar-refractivity contribution in [2.24, 2.45) is 0 Å². The van der Waals surface area contributed by atoms with Crippen molar-refractivity contribution in [1.29, 1.82) is 0 Å². The SMILES string of the molecule is O=C(O)c1cc(NS(=O)(=O)c2cccnc2)ccc1Br. The van der Waals surface area contributed by atoms with Crippen molar-refractivity contribution in [3.63, 3.8) is 0 Å². The molecular formula is C12H9BrN2O4S. The van der Waals surface area contributed by atoms with Gasteiger partial charge in [-0.1, -0.05) is 0 Å². The Balaban J connectivity index is 2.36. The molecule has 0 aliphatic heterocycles. The zero-order valence-electron chi connectivity index (χ0n) is 9.95.